The second-order valence-corrected chi connectivity index (χ2v) is 3.59. The van der Waals surface area contributed by atoms with Gasteiger partial charge in [0.05, 0.1) is 11.9 Å². The molecule has 0 atom stereocenters. The van der Waals surface area contributed by atoms with Crippen molar-refractivity contribution in [1.82, 2.24) is 9.78 Å². The molecule has 0 aliphatic rings. The SMILES string of the molecule is CCn1cc(NC(=O)c2ccc(O)cc2)cn1. The minimum absolute atomic E-state index is 0.139. The number of nitrogens with zero attached hydrogens (tertiary/aromatic N) is 2. The van der Waals surface area contributed by atoms with E-state index in [0.29, 0.717) is 11.3 Å². The molecule has 0 saturated heterocycles. The molecular weight excluding hydrogens is 218 g/mol. The standard InChI is InChI=1S/C12H13N3O2/c1-2-15-8-10(7-13-15)14-12(17)9-3-5-11(16)6-4-9/h3-8,16H,2H2,1H3,(H,14,17). The molecule has 1 aromatic heterocycles. The average molecular weight is 231 g/mol. The topological polar surface area (TPSA) is 67.2 Å². The monoisotopic (exact) mass is 231 g/mol. The van der Waals surface area contributed by atoms with Crippen LogP contribution in [0.15, 0.2) is 36.7 Å². The maximum atomic E-state index is 11.8. The van der Waals surface area contributed by atoms with E-state index in [0.717, 1.165) is 6.54 Å². The van der Waals surface area contributed by atoms with Crippen molar-refractivity contribution in [2.24, 2.45) is 0 Å². The largest absolute Gasteiger partial charge is 0.508 e. The lowest BCUT2D eigenvalue weighted by Gasteiger charge is -2.02. The molecule has 2 aromatic rings. The fourth-order valence-corrected chi connectivity index (χ4v) is 1.42. The Bertz CT molecular complexity index is 517. The normalized spacial score (nSPS) is 10.2. The maximum Gasteiger partial charge on any atom is 0.255 e. The summed E-state index contributed by atoms with van der Waals surface area (Å²) < 4.78 is 1.73. The van der Waals surface area contributed by atoms with E-state index < -0.39 is 0 Å². The molecule has 2 N–H and O–H groups in total. The second-order valence-electron chi connectivity index (χ2n) is 3.59. The van der Waals surface area contributed by atoms with Crippen LogP contribution in [0.3, 0.4) is 0 Å². The second kappa shape index (κ2) is 4.69. The van der Waals surface area contributed by atoms with Gasteiger partial charge in [0.1, 0.15) is 5.75 Å². The van der Waals surface area contributed by atoms with Crippen LogP contribution in [0.25, 0.3) is 0 Å². The van der Waals surface area contributed by atoms with Crippen LogP contribution >= 0.6 is 0 Å². The number of benzene rings is 1. The van der Waals surface area contributed by atoms with Crippen LogP contribution in [0.4, 0.5) is 5.69 Å². The van der Waals surface area contributed by atoms with Crippen molar-refractivity contribution >= 4 is 11.6 Å². The Hall–Kier alpha value is -2.30. The first-order valence-corrected chi connectivity index (χ1v) is 5.32. The Labute approximate surface area is 98.7 Å². The molecule has 0 fully saturated rings. The van der Waals surface area contributed by atoms with Crippen molar-refractivity contribution in [3.05, 3.63) is 42.2 Å². The summed E-state index contributed by atoms with van der Waals surface area (Å²) >= 11 is 0. The van der Waals surface area contributed by atoms with Crippen LogP contribution < -0.4 is 5.32 Å². The van der Waals surface area contributed by atoms with Crippen LogP contribution in [0, 0.1) is 0 Å². The zero-order chi connectivity index (χ0) is 12.3. The maximum absolute atomic E-state index is 11.8. The van der Waals surface area contributed by atoms with Crippen LogP contribution in [0.1, 0.15) is 17.3 Å². The molecule has 1 aromatic carbocycles. The van der Waals surface area contributed by atoms with E-state index in [9.17, 15) is 4.79 Å². The molecule has 5 nitrogen and oxygen atoms in total. The summed E-state index contributed by atoms with van der Waals surface area (Å²) in [5.74, 6) is -0.0824. The summed E-state index contributed by atoms with van der Waals surface area (Å²) in [6.07, 6.45) is 3.36. The van der Waals surface area contributed by atoms with E-state index in [2.05, 4.69) is 10.4 Å². The lowest BCUT2D eigenvalue weighted by Crippen LogP contribution is -2.11. The minimum Gasteiger partial charge on any atom is -0.508 e. The van der Waals surface area contributed by atoms with Gasteiger partial charge in [-0.25, -0.2) is 0 Å². The number of carbonyl (C=O) groups is 1. The highest BCUT2D eigenvalue weighted by Gasteiger charge is 2.06. The molecule has 1 amide bonds. The summed E-state index contributed by atoms with van der Waals surface area (Å²) in [7, 11) is 0. The summed E-state index contributed by atoms with van der Waals surface area (Å²) in [6.45, 7) is 2.73. The lowest BCUT2D eigenvalue weighted by atomic mass is 10.2. The lowest BCUT2D eigenvalue weighted by molar-refractivity contribution is 0.102. The Kier molecular flexibility index (Phi) is 3.09. The van der Waals surface area contributed by atoms with Crippen molar-refractivity contribution < 1.29 is 9.90 Å². The van der Waals surface area contributed by atoms with E-state index in [1.165, 1.54) is 12.1 Å². The number of hydrogen-bond donors (Lipinski definition) is 2. The van der Waals surface area contributed by atoms with Crippen LogP contribution in [0.5, 0.6) is 5.75 Å². The molecule has 0 unspecified atom stereocenters. The number of aromatic nitrogens is 2. The minimum atomic E-state index is -0.222. The highest BCUT2D eigenvalue weighted by molar-refractivity contribution is 6.04. The molecule has 5 heteroatoms. The first-order valence-electron chi connectivity index (χ1n) is 5.32. The van der Waals surface area contributed by atoms with Gasteiger partial charge in [0.15, 0.2) is 0 Å². The van der Waals surface area contributed by atoms with Gasteiger partial charge in [-0.3, -0.25) is 9.48 Å². The van der Waals surface area contributed by atoms with Gasteiger partial charge >= 0.3 is 0 Å². The van der Waals surface area contributed by atoms with Gasteiger partial charge < -0.3 is 10.4 Å². The smallest absolute Gasteiger partial charge is 0.255 e. The number of rotatable bonds is 3. The van der Waals surface area contributed by atoms with Gasteiger partial charge in [-0.15, -0.1) is 0 Å². The molecule has 0 radical (unpaired) electrons. The van der Waals surface area contributed by atoms with E-state index >= 15 is 0 Å². The molecule has 0 bridgehead atoms. The van der Waals surface area contributed by atoms with Gasteiger partial charge in [0.2, 0.25) is 0 Å². The van der Waals surface area contributed by atoms with E-state index in [-0.39, 0.29) is 11.7 Å². The average Bonchev–Trinajstić information content (AvgIpc) is 2.77. The van der Waals surface area contributed by atoms with Gasteiger partial charge in [-0.2, -0.15) is 5.10 Å². The number of aromatic hydroxyl groups is 1. The molecule has 0 saturated carbocycles. The van der Waals surface area contributed by atoms with Crippen molar-refractivity contribution in [1.29, 1.82) is 0 Å². The highest BCUT2D eigenvalue weighted by Crippen LogP contribution is 2.12. The van der Waals surface area contributed by atoms with E-state index in [1.807, 2.05) is 6.92 Å². The number of phenolic OH excluding ortho intramolecular Hbond substituents is 1. The predicted molar refractivity (Wildman–Crippen MR) is 64.0 cm³/mol. The fraction of sp³-hybridized carbons (Fsp3) is 0.167. The quantitative estimate of drug-likeness (QED) is 0.847. The summed E-state index contributed by atoms with van der Waals surface area (Å²) in [6, 6.07) is 6.08. The molecule has 0 spiro atoms. The third kappa shape index (κ3) is 2.63. The molecular formula is C12H13N3O2. The number of amides is 1. The molecule has 1 heterocycles. The van der Waals surface area contributed by atoms with Crippen molar-refractivity contribution in [2.45, 2.75) is 13.5 Å². The Morgan fingerprint density at radius 3 is 2.71 bits per heavy atom. The Balaban J connectivity index is 2.08. The summed E-state index contributed by atoms with van der Waals surface area (Å²) in [4.78, 5) is 11.8. The van der Waals surface area contributed by atoms with Crippen molar-refractivity contribution in [3.8, 4) is 5.75 Å². The van der Waals surface area contributed by atoms with Gasteiger partial charge in [0, 0.05) is 18.3 Å². The Morgan fingerprint density at radius 1 is 1.41 bits per heavy atom. The van der Waals surface area contributed by atoms with Crippen LogP contribution in [-0.4, -0.2) is 20.8 Å². The Morgan fingerprint density at radius 2 is 2.12 bits per heavy atom. The van der Waals surface area contributed by atoms with Crippen LogP contribution in [-0.2, 0) is 6.54 Å². The number of hydrogen-bond acceptors (Lipinski definition) is 3. The van der Waals surface area contributed by atoms with Crippen molar-refractivity contribution in [2.75, 3.05) is 5.32 Å². The first-order chi connectivity index (χ1) is 8.19. The van der Waals surface area contributed by atoms with E-state index in [1.54, 1.807) is 29.2 Å². The number of anilines is 1. The molecule has 0 aliphatic heterocycles. The third-order valence-corrected chi connectivity index (χ3v) is 2.34. The number of carbonyl (C=O) groups excluding carboxylic acids is 1. The van der Waals surface area contributed by atoms with Gasteiger partial charge in [0.25, 0.3) is 5.91 Å². The summed E-state index contributed by atoms with van der Waals surface area (Å²) in [5, 5.41) is 15.9. The van der Waals surface area contributed by atoms with E-state index in [4.69, 9.17) is 5.11 Å². The summed E-state index contributed by atoms with van der Waals surface area (Å²) in [5.41, 5.74) is 1.15. The number of aryl methyl sites for hydroxylation is 1. The zero-order valence-electron chi connectivity index (χ0n) is 9.42. The highest BCUT2D eigenvalue weighted by atomic mass is 16.3. The molecule has 17 heavy (non-hydrogen) atoms. The molecule has 88 valence electrons. The zero-order valence-corrected chi connectivity index (χ0v) is 9.42. The van der Waals surface area contributed by atoms with Crippen molar-refractivity contribution in [3.63, 3.8) is 0 Å². The van der Waals surface area contributed by atoms with Crippen LogP contribution in [0.2, 0.25) is 0 Å². The third-order valence-electron chi connectivity index (χ3n) is 2.34. The number of nitrogens with one attached hydrogen (secondary N) is 1. The predicted octanol–water partition coefficient (Wildman–Crippen LogP) is 1.86. The fourth-order valence-electron chi connectivity index (χ4n) is 1.42. The number of phenols is 1. The van der Waals surface area contributed by atoms with Gasteiger partial charge in [-0.1, -0.05) is 0 Å². The first kappa shape index (κ1) is 11.2. The molecule has 0 aliphatic carbocycles. The van der Waals surface area contributed by atoms with Gasteiger partial charge in [-0.05, 0) is 31.2 Å². The molecule has 2 rings (SSSR count).